The highest BCUT2D eigenvalue weighted by molar-refractivity contribution is 5.88. The van der Waals surface area contributed by atoms with Gasteiger partial charge in [-0.05, 0) is 70.8 Å². The fourth-order valence-corrected chi connectivity index (χ4v) is 4.73. The first kappa shape index (κ1) is 18.9. The third-order valence-electron chi connectivity index (χ3n) is 6.61. The van der Waals surface area contributed by atoms with Crippen molar-refractivity contribution in [2.24, 2.45) is 14.1 Å². The van der Waals surface area contributed by atoms with Crippen LogP contribution in [0.5, 0.6) is 11.5 Å². The van der Waals surface area contributed by atoms with Crippen molar-refractivity contribution >= 4 is 33.2 Å². The van der Waals surface area contributed by atoms with E-state index in [0.717, 1.165) is 66.9 Å². The number of ether oxygens (including phenoxy) is 1. The smallest absolute Gasteiger partial charge is 0.151 e. The molecule has 0 unspecified atom stereocenters. The summed E-state index contributed by atoms with van der Waals surface area (Å²) in [5.74, 6) is 1.63. The predicted octanol–water partition coefficient (Wildman–Crippen LogP) is 6.64. The zero-order chi connectivity index (χ0) is 22.8. The van der Waals surface area contributed by atoms with Crippen molar-refractivity contribution in [2.75, 3.05) is 5.32 Å². The summed E-state index contributed by atoms with van der Waals surface area (Å²) >= 11 is 0. The zero-order valence-electron chi connectivity index (χ0n) is 18.8. The monoisotopic (exact) mass is 443 g/mol. The van der Waals surface area contributed by atoms with Gasteiger partial charge < -0.3 is 10.1 Å². The molecule has 0 amide bonds. The van der Waals surface area contributed by atoms with Crippen LogP contribution >= 0.6 is 0 Å². The molecule has 1 aliphatic rings. The van der Waals surface area contributed by atoms with Crippen LogP contribution in [0, 0.1) is 0 Å². The molecular formula is C28H21N5O. The molecule has 6 aromatic rings. The molecular weight excluding hydrogens is 422 g/mol. The third-order valence-corrected chi connectivity index (χ3v) is 6.61. The van der Waals surface area contributed by atoms with Crippen LogP contribution in [0.2, 0.25) is 0 Å². The number of hydrogen-bond acceptors (Lipinski definition) is 4. The topological polar surface area (TPSA) is 56.9 Å². The molecule has 1 aliphatic heterocycles. The van der Waals surface area contributed by atoms with Gasteiger partial charge in [0.2, 0.25) is 0 Å². The molecule has 7 rings (SSSR count). The van der Waals surface area contributed by atoms with E-state index in [1.54, 1.807) is 0 Å². The molecule has 0 radical (unpaired) electrons. The average molecular weight is 444 g/mol. The van der Waals surface area contributed by atoms with Crippen LogP contribution in [0.1, 0.15) is 0 Å². The minimum absolute atomic E-state index is 0.816. The number of anilines is 2. The largest absolute Gasteiger partial charge is 0.453 e. The number of nitrogens with zero attached hydrogens (tertiary/aromatic N) is 4. The normalized spacial score (nSPS) is 12.3. The highest BCUT2D eigenvalue weighted by Gasteiger charge is 2.18. The van der Waals surface area contributed by atoms with E-state index in [1.807, 2.05) is 35.9 Å². The van der Waals surface area contributed by atoms with Gasteiger partial charge in [-0.25, -0.2) is 0 Å². The summed E-state index contributed by atoms with van der Waals surface area (Å²) in [4.78, 5) is 0. The van der Waals surface area contributed by atoms with E-state index in [4.69, 9.17) is 4.74 Å². The quantitative estimate of drug-likeness (QED) is 0.325. The van der Waals surface area contributed by atoms with E-state index >= 15 is 0 Å². The van der Waals surface area contributed by atoms with Gasteiger partial charge in [0.15, 0.2) is 11.5 Å². The van der Waals surface area contributed by atoms with Gasteiger partial charge in [-0.3, -0.25) is 9.36 Å². The molecule has 6 heteroatoms. The Bertz CT molecular complexity index is 1620. The lowest BCUT2D eigenvalue weighted by Gasteiger charge is -2.23. The van der Waals surface area contributed by atoms with E-state index in [-0.39, 0.29) is 0 Å². The van der Waals surface area contributed by atoms with Gasteiger partial charge in [-0.15, -0.1) is 0 Å². The van der Waals surface area contributed by atoms with Crippen LogP contribution in [0.15, 0.2) is 85.2 Å². The van der Waals surface area contributed by atoms with Crippen LogP contribution in [-0.2, 0) is 14.1 Å². The molecule has 0 spiro atoms. The highest BCUT2D eigenvalue weighted by atomic mass is 16.5. The fraction of sp³-hybridized carbons (Fsp3) is 0.0714. The average Bonchev–Trinajstić information content (AvgIpc) is 3.43. The summed E-state index contributed by atoms with van der Waals surface area (Å²) in [5.41, 5.74) is 8.64. The van der Waals surface area contributed by atoms with Crippen molar-refractivity contribution in [3.8, 4) is 33.8 Å². The van der Waals surface area contributed by atoms with E-state index in [1.165, 1.54) is 0 Å². The van der Waals surface area contributed by atoms with Crippen molar-refractivity contribution < 1.29 is 4.74 Å². The molecule has 34 heavy (non-hydrogen) atoms. The minimum Gasteiger partial charge on any atom is -0.453 e. The standard InChI is InChI=1S/C28H21N5O/c1-32-25-9-5-17(11-21(25)15-29-32)19-3-7-23-27(13-19)34-28-14-20(4-8-24(28)31-23)18-6-10-26-22(12-18)16-30-33(26)2/h3-16,31H,1-2H3. The second kappa shape index (κ2) is 6.96. The minimum atomic E-state index is 0.816. The second-order valence-electron chi connectivity index (χ2n) is 8.73. The van der Waals surface area contributed by atoms with E-state index in [9.17, 15) is 0 Å². The van der Waals surface area contributed by atoms with Gasteiger partial charge >= 0.3 is 0 Å². The van der Waals surface area contributed by atoms with Crippen LogP contribution in [0.3, 0.4) is 0 Å². The molecule has 0 saturated heterocycles. The number of aromatic nitrogens is 4. The van der Waals surface area contributed by atoms with Crippen molar-refractivity contribution in [1.82, 2.24) is 19.6 Å². The lowest BCUT2D eigenvalue weighted by molar-refractivity contribution is 0.481. The second-order valence-corrected chi connectivity index (χ2v) is 8.73. The number of nitrogens with one attached hydrogen (secondary N) is 1. The first-order chi connectivity index (χ1) is 16.6. The van der Waals surface area contributed by atoms with Crippen molar-refractivity contribution in [3.63, 3.8) is 0 Å². The summed E-state index contributed by atoms with van der Waals surface area (Å²) in [7, 11) is 3.92. The number of rotatable bonds is 2. The zero-order valence-corrected chi connectivity index (χ0v) is 18.8. The number of benzene rings is 4. The maximum absolute atomic E-state index is 6.39. The molecule has 0 saturated carbocycles. The van der Waals surface area contributed by atoms with E-state index < -0.39 is 0 Å². The summed E-state index contributed by atoms with van der Waals surface area (Å²) < 4.78 is 10.2. The first-order valence-corrected chi connectivity index (χ1v) is 11.2. The van der Waals surface area contributed by atoms with E-state index in [2.05, 4.69) is 88.3 Å². The molecule has 0 atom stereocenters. The molecule has 0 bridgehead atoms. The summed E-state index contributed by atoms with van der Waals surface area (Å²) in [5, 5.41) is 14.5. The highest BCUT2D eigenvalue weighted by Crippen LogP contribution is 2.45. The molecule has 1 N–H and O–H groups in total. The lowest BCUT2D eigenvalue weighted by atomic mass is 10.0. The van der Waals surface area contributed by atoms with Crippen LogP contribution in [0.25, 0.3) is 44.1 Å². The van der Waals surface area contributed by atoms with Crippen molar-refractivity contribution in [3.05, 3.63) is 85.2 Å². The molecule has 3 heterocycles. The molecule has 164 valence electrons. The van der Waals surface area contributed by atoms with Crippen LogP contribution < -0.4 is 10.1 Å². The van der Waals surface area contributed by atoms with Gasteiger partial charge in [0.25, 0.3) is 0 Å². The molecule has 0 aliphatic carbocycles. The number of aryl methyl sites for hydroxylation is 2. The van der Waals surface area contributed by atoms with Crippen molar-refractivity contribution in [2.45, 2.75) is 0 Å². The first-order valence-electron chi connectivity index (χ1n) is 11.2. The summed E-state index contributed by atoms with van der Waals surface area (Å²) in [6.07, 6.45) is 3.80. The Kier molecular flexibility index (Phi) is 3.88. The van der Waals surface area contributed by atoms with E-state index in [0.29, 0.717) is 0 Å². The Hall–Kier alpha value is -4.58. The van der Waals surface area contributed by atoms with Crippen LogP contribution in [0.4, 0.5) is 11.4 Å². The van der Waals surface area contributed by atoms with Gasteiger partial charge in [-0.2, -0.15) is 10.2 Å². The molecule has 0 fully saturated rings. The maximum atomic E-state index is 6.39. The third kappa shape index (κ3) is 2.89. The maximum Gasteiger partial charge on any atom is 0.151 e. The Balaban J connectivity index is 1.24. The Morgan fingerprint density at radius 3 is 1.53 bits per heavy atom. The van der Waals surface area contributed by atoms with Gasteiger partial charge in [-0.1, -0.05) is 24.3 Å². The summed E-state index contributed by atoms with van der Waals surface area (Å²) in [6, 6.07) is 25.4. The lowest BCUT2D eigenvalue weighted by Crippen LogP contribution is -2.03. The number of fused-ring (bicyclic) bond motifs is 4. The fourth-order valence-electron chi connectivity index (χ4n) is 4.73. The Morgan fingerprint density at radius 2 is 1.03 bits per heavy atom. The van der Waals surface area contributed by atoms with Gasteiger partial charge in [0, 0.05) is 24.9 Å². The molecule has 6 nitrogen and oxygen atoms in total. The van der Waals surface area contributed by atoms with Gasteiger partial charge in [0.05, 0.1) is 34.8 Å². The molecule has 4 aromatic carbocycles. The van der Waals surface area contributed by atoms with Gasteiger partial charge in [0.1, 0.15) is 0 Å². The Morgan fingerprint density at radius 1 is 0.588 bits per heavy atom. The predicted molar refractivity (Wildman–Crippen MR) is 136 cm³/mol. The SMILES string of the molecule is Cn1ncc2cc(-c3ccc4c(c3)Oc3cc(-c5ccc6c(cnn6C)c5)ccc3N4)ccc21. The van der Waals surface area contributed by atoms with Crippen molar-refractivity contribution in [1.29, 1.82) is 0 Å². The summed E-state index contributed by atoms with van der Waals surface area (Å²) in [6.45, 7) is 0. The molecule has 2 aromatic heterocycles. The number of hydrogen-bond donors (Lipinski definition) is 1. The Labute approximate surface area is 196 Å². The van der Waals surface area contributed by atoms with Crippen LogP contribution in [-0.4, -0.2) is 19.6 Å².